The topological polar surface area (TPSA) is 74.5 Å². The highest BCUT2D eigenvalue weighted by molar-refractivity contribution is 14.0. The van der Waals surface area contributed by atoms with E-state index in [4.69, 9.17) is 0 Å². The largest absolute Gasteiger partial charge is 0.424 e. The number of guanidine groups is 1. The number of aromatic nitrogens is 2. The Bertz CT molecular complexity index is 875. The van der Waals surface area contributed by atoms with Gasteiger partial charge in [0, 0.05) is 43.8 Å². The van der Waals surface area contributed by atoms with Gasteiger partial charge in [-0.1, -0.05) is 12.1 Å². The van der Waals surface area contributed by atoms with Crippen LogP contribution in [0.5, 0.6) is 0 Å². The summed E-state index contributed by atoms with van der Waals surface area (Å²) in [4.78, 5) is 9.30. The lowest BCUT2D eigenvalue weighted by atomic mass is 9.97. The zero-order valence-corrected chi connectivity index (χ0v) is 21.1. The van der Waals surface area contributed by atoms with Crippen molar-refractivity contribution in [1.29, 1.82) is 0 Å². The van der Waals surface area contributed by atoms with Crippen molar-refractivity contribution in [3.8, 4) is 0 Å². The lowest BCUT2D eigenvalue weighted by molar-refractivity contribution is -0.272. The summed E-state index contributed by atoms with van der Waals surface area (Å²) in [6, 6.07) is 6.07. The molecule has 2 aromatic rings. The van der Waals surface area contributed by atoms with Crippen molar-refractivity contribution in [2.75, 3.05) is 19.3 Å². The molecule has 31 heavy (non-hydrogen) atoms. The number of alkyl halides is 3. The Morgan fingerprint density at radius 3 is 2.55 bits per heavy atom. The SMILES string of the molecule is CCNC(=NCc1ccc(C)cc1SC)NCCC(O)(c1nccn1C)C(F)(F)F.I. The number of thioether (sulfide) groups is 1. The maximum absolute atomic E-state index is 13.6. The summed E-state index contributed by atoms with van der Waals surface area (Å²) in [6.07, 6.45) is -0.877. The Morgan fingerprint density at radius 2 is 2.00 bits per heavy atom. The van der Waals surface area contributed by atoms with Crippen molar-refractivity contribution in [2.45, 2.75) is 43.5 Å². The monoisotopic (exact) mass is 571 g/mol. The van der Waals surface area contributed by atoms with Gasteiger partial charge < -0.3 is 20.3 Å². The molecule has 1 aromatic heterocycles. The first-order valence-corrected chi connectivity index (χ1v) is 10.8. The molecular formula is C20H29F3IN5OS. The number of aryl methyl sites for hydroxylation is 2. The maximum atomic E-state index is 13.6. The molecule has 11 heteroatoms. The number of aliphatic imine (C=N–C) groups is 1. The number of halogens is 4. The number of hydrogen-bond acceptors (Lipinski definition) is 4. The van der Waals surface area contributed by atoms with E-state index in [1.54, 1.807) is 11.8 Å². The predicted molar refractivity (Wildman–Crippen MR) is 129 cm³/mol. The highest BCUT2D eigenvalue weighted by atomic mass is 127. The molecule has 1 aromatic carbocycles. The summed E-state index contributed by atoms with van der Waals surface area (Å²) in [7, 11) is 1.42. The van der Waals surface area contributed by atoms with Gasteiger partial charge in [-0.05, 0) is 37.3 Å². The number of benzene rings is 1. The number of nitrogens with one attached hydrogen (secondary N) is 2. The molecule has 1 unspecified atom stereocenters. The Balaban J connectivity index is 0.00000480. The van der Waals surface area contributed by atoms with Gasteiger partial charge in [-0.25, -0.2) is 9.98 Å². The first-order chi connectivity index (χ1) is 14.1. The van der Waals surface area contributed by atoms with Crippen LogP contribution >= 0.6 is 35.7 Å². The molecule has 0 saturated carbocycles. The van der Waals surface area contributed by atoms with Gasteiger partial charge in [0.1, 0.15) is 5.82 Å². The fraction of sp³-hybridized carbons (Fsp3) is 0.500. The fourth-order valence-electron chi connectivity index (χ4n) is 2.99. The number of aliphatic hydroxyl groups is 1. The second-order valence-corrected chi connectivity index (χ2v) is 7.76. The van der Waals surface area contributed by atoms with Crippen LogP contribution in [0.2, 0.25) is 0 Å². The molecule has 6 nitrogen and oxygen atoms in total. The summed E-state index contributed by atoms with van der Waals surface area (Å²) in [5.41, 5.74) is -0.874. The molecule has 0 spiro atoms. The van der Waals surface area contributed by atoms with Crippen molar-refractivity contribution in [3.05, 3.63) is 47.5 Å². The van der Waals surface area contributed by atoms with Crippen LogP contribution in [0.25, 0.3) is 0 Å². The Hall–Kier alpha value is -1.47. The molecule has 0 fully saturated rings. The molecule has 0 aliphatic rings. The fourth-order valence-corrected chi connectivity index (χ4v) is 3.69. The van der Waals surface area contributed by atoms with Gasteiger partial charge in [-0.3, -0.25) is 0 Å². The van der Waals surface area contributed by atoms with Gasteiger partial charge in [-0.15, -0.1) is 35.7 Å². The Kier molecular flexibility index (Phi) is 10.6. The summed E-state index contributed by atoms with van der Waals surface area (Å²) < 4.78 is 42.1. The third-order valence-electron chi connectivity index (χ3n) is 4.63. The van der Waals surface area contributed by atoms with Gasteiger partial charge >= 0.3 is 6.18 Å². The van der Waals surface area contributed by atoms with Gasteiger partial charge in [0.05, 0.1) is 6.54 Å². The first kappa shape index (κ1) is 27.6. The van der Waals surface area contributed by atoms with E-state index in [0.717, 1.165) is 16.0 Å². The minimum absolute atomic E-state index is 0. The van der Waals surface area contributed by atoms with Crippen molar-refractivity contribution < 1.29 is 18.3 Å². The summed E-state index contributed by atoms with van der Waals surface area (Å²) in [5.74, 6) is -0.0579. The van der Waals surface area contributed by atoms with E-state index < -0.39 is 24.0 Å². The molecule has 0 amide bonds. The number of hydrogen-bond donors (Lipinski definition) is 3. The van der Waals surface area contributed by atoms with E-state index in [1.165, 1.54) is 24.0 Å². The second kappa shape index (κ2) is 12.0. The molecule has 0 radical (unpaired) electrons. The van der Waals surface area contributed by atoms with Crippen molar-refractivity contribution in [1.82, 2.24) is 20.2 Å². The van der Waals surface area contributed by atoms with Crippen LogP contribution in [-0.2, 0) is 19.2 Å². The van der Waals surface area contributed by atoms with Crippen LogP contribution < -0.4 is 10.6 Å². The van der Waals surface area contributed by atoms with E-state index in [2.05, 4.69) is 26.7 Å². The molecule has 0 aliphatic carbocycles. The highest BCUT2D eigenvalue weighted by Gasteiger charge is 2.57. The van der Waals surface area contributed by atoms with E-state index in [9.17, 15) is 18.3 Å². The number of imidazole rings is 1. The number of rotatable bonds is 8. The Labute approximate surface area is 202 Å². The van der Waals surface area contributed by atoms with Gasteiger partial charge in [-0.2, -0.15) is 13.2 Å². The van der Waals surface area contributed by atoms with Crippen LogP contribution in [0, 0.1) is 6.92 Å². The summed E-state index contributed by atoms with van der Waals surface area (Å²) in [5, 5.41) is 16.3. The van der Waals surface area contributed by atoms with Crippen LogP contribution in [0.1, 0.15) is 30.3 Å². The van der Waals surface area contributed by atoms with E-state index in [0.29, 0.717) is 19.0 Å². The normalized spacial score (nSPS) is 14.0. The van der Waals surface area contributed by atoms with E-state index in [-0.39, 0.29) is 30.5 Å². The third kappa shape index (κ3) is 7.01. The molecule has 174 valence electrons. The lowest BCUT2D eigenvalue weighted by Crippen LogP contribution is -2.47. The standard InChI is InChI=1S/C20H28F3N5OS.HI/c1-5-24-18(27-13-15-7-6-14(2)12-16(15)30-4)26-9-8-19(29,20(21,22)23)17-25-10-11-28(17)3;/h6-7,10-12,29H,5,8-9,13H2,1-4H3,(H2,24,26,27);1H. The summed E-state index contributed by atoms with van der Waals surface area (Å²) >= 11 is 1.62. The molecule has 3 N–H and O–H groups in total. The third-order valence-corrected chi connectivity index (χ3v) is 5.45. The molecule has 0 bridgehead atoms. The van der Waals surface area contributed by atoms with Gasteiger partial charge in [0.2, 0.25) is 5.60 Å². The quantitative estimate of drug-likeness (QED) is 0.194. The van der Waals surface area contributed by atoms with Crippen molar-refractivity contribution in [2.24, 2.45) is 12.0 Å². The molecule has 2 rings (SSSR count). The van der Waals surface area contributed by atoms with Gasteiger partial charge in [0.25, 0.3) is 0 Å². The molecule has 0 aliphatic heterocycles. The van der Waals surface area contributed by atoms with Crippen LogP contribution in [0.4, 0.5) is 13.2 Å². The molecular weight excluding hydrogens is 542 g/mol. The van der Waals surface area contributed by atoms with Crippen molar-refractivity contribution in [3.63, 3.8) is 0 Å². The predicted octanol–water partition coefficient (Wildman–Crippen LogP) is 3.96. The molecule has 1 atom stereocenters. The van der Waals surface area contributed by atoms with Crippen LogP contribution in [0.15, 0.2) is 40.5 Å². The minimum atomic E-state index is -4.86. The van der Waals surface area contributed by atoms with Gasteiger partial charge in [0.15, 0.2) is 5.96 Å². The second-order valence-electron chi connectivity index (χ2n) is 6.91. The molecule has 0 saturated heterocycles. The number of nitrogens with zero attached hydrogens (tertiary/aromatic N) is 3. The smallest absolute Gasteiger partial charge is 0.374 e. The lowest BCUT2D eigenvalue weighted by Gasteiger charge is -2.30. The highest BCUT2D eigenvalue weighted by Crippen LogP contribution is 2.40. The van der Waals surface area contributed by atoms with E-state index >= 15 is 0 Å². The van der Waals surface area contributed by atoms with E-state index in [1.807, 2.05) is 32.2 Å². The average molecular weight is 571 g/mol. The molecule has 1 heterocycles. The zero-order chi connectivity index (χ0) is 22.4. The maximum Gasteiger partial charge on any atom is 0.424 e. The summed E-state index contributed by atoms with van der Waals surface area (Å²) in [6.45, 7) is 4.68. The average Bonchev–Trinajstić information content (AvgIpc) is 3.12. The van der Waals surface area contributed by atoms with Crippen LogP contribution in [-0.4, -0.2) is 46.1 Å². The first-order valence-electron chi connectivity index (χ1n) is 9.55. The minimum Gasteiger partial charge on any atom is -0.374 e. The zero-order valence-electron chi connectivity index (χ0n) is 18.0. The van der Waals surface area contributed by atoms with Crippen molar-refractivity contribution >= 4 is 41.7 Å². The van der Waals surface area contributed by atoms with Crippen LogP contribution in [0.3, 0.4) is 0 Å². The Morgan fingerprint density at radius 1 is 1.29 bits per heavy atom.